The van der Waals surface area contributed by atoms with Crippen LogP contribution >= 0.6 is 0 Å². The van der Waals surface area contributed by atoms with Crippen molar-refractivity contribution in [2.75, 3.05) is 45.9 Å². The monoisotopic (exact) mass is 442 g/mol. The fraction of sp³-hybridized carbons (Fsp3) is 0.500. The normalized spacial score (nSPS) is 23.7. The summed E-state index contributed by atoms with van der Waals surface area (Å²) in [7, 11) is -3.54. The molecule has 0 amide bonds. The molecule has 31 heavy (non-hydrogen) atoms. The molecule has 0 radical (unpaired) electrons. The van der Waals surface area contributed by atoms with Crippen LogP contribution in [0.2, 0.25) is 0 Å². The van der Waals surface area contributed by atoms with Gasteiger partial charge in [0.2, 0.25) is 15.8 Å². The molecule has 3 aliphatic heterocycles. The van der Waals surface area contributed by atoms with Crippen molar-refractivity contribution >= 4 is 10.0 Å². The number of rotatable bonds is 5. The Kier molecular flexibility index (Phi) is 5.88. The molecule has 0 N–H and O–H groups in total. The minimum atomic E-state index is -3.54. The van der Waals surface area contributed by atoms with E-state index in [1.54, 1.807) is 16.4 Å². The van der Waals surface area contributed by atoms with Gasteiger partial charge < -0.3 is 14.4 Å². The van der Waals surface area contributed by atoms with Crippen LogP contribution in [-0.2, 0) is 25.3 Å². The van der Waals surface area contributed by atoms with E-state index in [-0.39, 0.29) is 6.54 Å². The highest BCUT2D eigenvalue weighted by Crippen LogP contribution is 2.42. The molecule has 0 atom stereocenters. The zero-order valence-corrected chi connectivity index (χ0v) is 18.6. The first-order valence-corrected chi connectivity index (χ1v) is 12.7. The average molecular weight is 443 g/mol. The van der Waals surface area contributed by atoms with Gasteiger partial charge in [0.1, 0.15) is 0 Å². The zero-order chi connectivity index (χ0) is 21.3. The van der Waals surface area contributed by atoms with Crippen molar-refractivity contribution in [2.24, 2.45) is 0 Å². The summed E-state index contributed by atoms with van der Waals surface area (Å²) >= 11 is 0. The molecule has 2 aromatic rings. The number of ether oxygens (including phenoxy) is 2. The Bertz CT molecular complexity index is 997. The molecule has 2 saturated heterocycles. The zero-order valence-electron chi connectivity index (χ0n) is 17.8. The Balaban J connectivity index is 1.20. The second-order valence-corrected chi connectivity index (χ2v) is 10.6. The van der Waals surface area contributed by atoms with Crippen LogP contribution in [0.15, 0.2) is 59.5 Å². The van der Waals surface area contributed by atoms with Gasteiger partial charge in [-0.15, -0.1) is 0 Å². The van der Waals surface area contributed by atoms with Crippen molar-refractivity contribution < 1.29 is 17.9 Å². The summed E-state index contributed by atoms with van der Waals surface area (Å²) in [5, 5.41) is 0. The third-order valence-electron chi connectivity index (χ3n) is 6.79. The molecule has 0 aliphatic carbocycles. The van der Waals surface area contributed by atoms with Crippen molar-refractivity contribution in [1.29, 1.82) is 0 Å². The highest BCUT2D eigenvalue weighted by atomic mass is 32.2. The van der Waals surface area contributed by atoms with Gasteiger partial charge in [0.05, 0.1) is 24.7 Å². The number of piperidine rings is 1. The molecule has 2 fully saturated rings. The highest BCUT2D eigenvalue weighted by Gasteiger charge is 2.50. The van der Waals surface area contributed by atoms with Crippen LogP contribution in [0.1, 0.15) is 36.3 Å². The summed E-state index contributed by atoms with van der Waals surface area (Å²) < 4.78 is 39.9. The lowest BCUT2D eigenvalue weighted by molar-refractivity contribution is -0.176. The molecule has 0 unspecified atom stereocenters. The van der Waals surface area contributed by atoms with Crippen molar-refractivity contribution in [3.63, 3.8) is 0 Å². The quantitative estimate of drug-likeness (QED) is 0.712. The molecule has 0 saturated carbocycles. The SMILES string of the molecule is O=S1(=O)c2ccccc2C2(CN1CCCN1CCC(c3ccccc3)CC1)OCCO2. The maximum absolute atomic E-state index is 13.2. The fourth-order valence-corrected chi connectivity index (χ4v) is 6.87. The van der Waals surface area contributed by atoms with E-state index in [1.807, 2.05) is 12.1 Å². The van der Waals surface area contributed by atoms with E-state index in [1.165, 1.54) is 5.56 Å². The van der Waals surface area contributed by atoms with Gasteiger partial charge in [-0.05, 0) is 56.4 Å². The highest BCUT2D eigenvalue weighted by molar-refractivity contribution is 7.89. The summed E-state index contributed by atoms with van der Waals surface area (Å²) in [5.41, 5.74) is 2.06. The molecule has 2 aromatic carbocycles. The molecular weight excluding hydrogens is 412 g/mol. The Hall–Kier alpha value is -1.77. The molecule has 3 aliphatic rings. The van der Waals surface area contributed by atoms with E-state index in [9.17, 15) is 8.42 Å². The standard InChI is InChI=1S/C24H30N2O4S/c27-31(28)23-10-5-4-9-22(23)24(29-17-18-30-24)19-26(31)14-6-13-25-15-11-21(12-16-25)20-7-2-1-3-8-20/h1-5,7-10,21H,6,11-19H2. The third kappa shape index (κ3) is 4.05. The first-order chi connectivity index (χ1) is 15.1. The number of fused-ring (bicyclic) bond motifs is 2. The smallest absolute Gasteiger partial charge is 0.243 e. The van der Waals surface area contributed by atoms with Gasteiger partial charge in [0.25, 0.3) is 0 Å². The van der Waals surface area contributed by atoms with Crippen molar-refractivity contribution in [2.45, 2.75) is 35.9 Å². The lowest BCUT2D eigenvalue weighted by Crippen LogP contribution is -2.50. The predicted molar refractivity (Wildman–Crippen MR) is 118 cm³/mol. The number of sulfonamides is 1. The minimum absolute atomic E-state index is 0.225. The largest absolute Gasteiger partial charge is 0.342 e. The first kappa shape index (κ1) is 21.1. The van der Waals surface area contributed by atoms with Crippen molar-refractivity contribution in [3.05, 3.63) is 65.7 Å². The van der Waals surface area contributed by atoms with E-state index < -0.39 is 15.8 Å². The summed E-state index contributed by atoms with van der Waals surface area (Å²) in [5.74, 6) is -0.330. The molecule has 7 heteroatoms. The van der Waals surface area contributed by atoms with Crippen LogP contribution in [0, 0.1) is 0 Å². The van der Waals surface area contributed by atoms with Crippen LogP contribution in [0.5, 0.6) is 0 Å². The average Bonchev–Trinajstić information content (AvgIpc) is 3.28. The second-order valence-electron chi connectivity index (χ2n) is 8.66. The van der Waals surface area contributed by atoms with Crippen LogP contribution in [0.4, 0.5) is 0 Å². The van der Waals surface area contributed by atoms with E-state index in [0.717, 1.165) is 38.9 Å². The Morgan fingerprint density at radius 3 is 2.32 bits per heavy atom. The number of likely N-dealkylation sites (tertiary alicyclic amines) is 1. The van der Waals surface area contributed by atoms with Gasteiger partial charge >= 0.3 is 0 Å². The van der Waals surface area contributed by atoms with Gasteiger partial charge in [-0.1, -0.05) is 48.5 Å². The topological polar surface area (TPSA) is 59.1 Å². The molecule has 5 rings (SSSR count). The van der Waals surface area contributed by atoms with Gasteiger partial charge in [0, 0.05) is 12.1 Å². The second kappa shape index (κ2) is 8.64. The summed E-state index contributed by atoms with van der Waals surface area (Å²) in [6.45, 7) is 4.70. The van der Waals surface area contributed by atoms with Crippen molar-refractivity contribution in [1.82, 2.24) is 9.21 Å². The maximum atomic E-state index is 13.2. The fourth-order valence-electron chi connectivity index (χ4n) is 5.13. The summed E-state index contributed by atoms with van der Waals surface area (Å²) in [6.07, 6.45) is 3.11. The maximum Gasteiger partial charge on any atom is 0.243 e. The number of benzene rings is 2. The van der Waals surface area contributed by atoms with Gasteiger partial charge in [0.15, 0.2) is 0 Å². The summed E-state index contributed by atoms with van der Waals surface area (Å²) in [6, 6.07) is 17.8. The number of hydrogen-bond donors (Lipinski definition) is 0. The Labute approximate surface area is 184 Å². The van der Waals surface area contributed by atoms with E-state index in [4.69, 9.17) is 9.47 Å². The molecule has 0 aromatic heterocycles. The van der Waals surface area contributed by atoms with Gasteiger partial charge in [-0.3, -0.25) is 0 Å². The van der Waals surface area contributed by atoms with Crippen LogP contribution < -0.4 is 0 Å². The number of hydrogen-bond acceptors (Lipinski definition) is 5. The third-order valence-corrected chi connectivity index (χ3v) is 8.70. The Morgan fingerprint density at radius 2 is 1.58 bits per heavy atom. The van der Waals surface area contributed by atoms with Crippen molar-refractivity contribution in [3.8, 4) is 0 Å². The minimum Gasteiger partial charge on any atom is -0.342 e. The lowest BCUT2D eigenvalue weighted by atomic mass is 9.89. The van der Waals surface area contributed by atoms with E-state index in [2.05, 4.69) is 35.2 Å². The molecule has 1 spiro atoms. The Morgan fingerprint density at radius 1 is 0.903 bits per heavy atom. The molecule has 0 bridgehead atoms. The first-order valence-electron chi connectivity index (χ1n) is 11.2. The van der Waals surface area contributed by atoms with Crippen LogP contribution in [-0.4, -0.2) is 63.6 Å². The number of nitrogens with zero attached hydrogens (tertiary/aromatic N) is 2. The van der Waals surface area contributed by atoms with Crippen LogP contribution in [0.25, 0.3) is 0 Å². The molecule has 166 valence electrons. The summed E-state index contributed by atoms with van der Waals surface area (Å²) in [4.78, 5) is 2.77. The molecule has 3 heterocycles. The molecular formula is C24H30N2O4S. The lowest BCUT2D eigenvalue weighted by Gasteiger charge is -2.39. The van der Waals surface area contributed by atoms with E-state index >= 15 is 0 Å². The van der Waals surface area contributed by atoms with Gasteiger partial charge in [-0.25, -0.2) is 8.42 Å². The van der Waals surface area contributed by atoms with Gasteiger partial charge in [-0.2, -0.15) is 4.31 Å². The van der Waals surface area contributed by atoms with Crippen LogP contribution in [0.3, 0.4) is 0 Å². The molecule has 6 nitrogen and oxygen atoms in total. The van der Waals surface area contributed by atoms with E-state index in [0.29, 0.717) is 36.1 Å². The predicted octanol–water partition coefficient (Wildman–Crippen LogP) is 3.16.